The smallest absolute Gasteiger partial charge is 0.271 e. The van der Waals surface area contributed by atoms with Crippen LogP contribution in [0, 0.1) is 0 Å². The molecule has 84 valence electrons. The van der Waals surface area contributed by atoms with E-state index in [0.29, 0.717) is 5.43 Å². The van der Waals surface area contributed by atoms with E-state index < -0.39 is 18.4 Å². The summed E-state index contributed by atoms with van der Waals surface area (Å²) in [6.07, 6.45) is -10.8. The molecule has 0 saturated carbocycles. The Morgan fingerprint density at radius 2 is 1.08 bits per heavy atom. The van der Waals surface area contributed by atoms with Gasteiger partial charge in [0.2, 0.25) is 6.04 Å². The number of rotatable bonds is 1. The second-order valence-electron chi connectivity index (χ2n) is 1.68. The number of halogens is 8. The first-order valence-electron chi connectivity index (χ1n) is 2.29. The molecule has 0 unspecified atom stereocenters. The molecule has 0 atom stereocenters. The molecule has 10 heteroatoms. The van der Waals surface area contributed by atoms with Crippen LogP contribution in [0.15, 0.2) is 0 Å². The zero-order valence-electron chi connectivity index (χ0n) is 5.74. The number of hydrogen-bond acceptors (Lipinski definition) is 2. The van der Waals surface area contributed by atoms with Gasteiger partial charge in [-0.3, -0.25) is 5.84 Å². The highest BCUT2D eigenvalue weighted by molar-refractivity contribution is 5.85. The van der Waals surface area contributed by atoms with E-state index in [1.807, 2.05) is 0 Å². The first-order chi connectivity index (χ1) is 4.69. The van der Waals surface area contributed by atoms with Gasteiger partial charge >= 0.3 is 12.4 Å². The van der Waals surface area contributed by atoms with Gasteiger partial charge < -0.3 is 0 Å². The summed E-state index contributed by atoms with van der Waals surface area (Å²) >= 11 is 0. The van der Waals surface area contributed by atoms with E-state index in [-0.39, 0.29) is 24.8 Å². The summed E-state index contributed by atoms with van der Waals surface area (Å²) in [6, 6.07) is -3.66. The van der Waals surface area contributed by atoms with Crippen molar-refractivity contribution in [3.8, 4) is 0 Å². The standard InChI is InChI=1S/C3H4F6N2.2ClH/c4-2(5,6)1(11-10)3(7,8)9;;/h1,11H,10H2;2*1H. The largest absolute Gasteiger partial charge is 0.414 e. The van der Waals surface area contributed by atoms with E-state index in [0.717, 1.165) is 0 Å². The van der Waals surface area contributed by atoms with Crippen LogP contribution in [-0.4, -0.2) is 18.4 Å². The third-order valence-electron chi connectivity index (χ3n) is 0.821. The molecule has 0 aliphatic carbocycles. The highest BCUT2D eigenvalue weighted by atomic mass is 35.5. The first-order valence-corrected chi connectivity index (χ1v) is 2.29. The summed E-state index contributed by atoms with van der Waals surface area (Å²) < 4.78 is 68.1. The molecular weight excluding hydrogens is 249 g/mol. The summed E-state index contributed by atoms with van der Waals surface area (Å²) in [6.45, 7) is 0. The molecule has 0 fully saturated rings. The molecule has 0 bridgehead atoms. The zero-order valence-corrected chi connectivity index (χ0v) is 7.37. The van der Waals surface area contributed by atoms with Crippen LogP contribution in [0.4, 0.5) is 26.3 Å². The fraction of sp³-hybridized carbons (Fsp3) is 1.00. The van der Waals surface area contributed by atoms with Gasteiger partial charge in [0.15, 0.2) is 0 Å². The van der Waals surface area contributed by atoms with Gasteiger partial charge in [-0.25, -0.2) is 5.43 Å². The van der Waals surface area contributed by atoms with Gasteiger partial charge in [0.1, 0.15) is 0 Å². The Kier molecular flexibility index (Phi) is 8.29. The Labute approximate surface area is 81.6 Å². The molecule has 0 radical (unpaired) electrons. The van der Waals surface area contributed by atoms with Crippen molar-refractivity contribution in [2.75, 3.05) is 0 Å². The van der Waals surface area contributed by atoms with Crippen molar-refractivity contribution in [2.24, 2.45) is 5.84 Å². The van der Waals surface area contributed by atoms with Gasteiger partial charge in [0.25, 0.3) is 0 Å². The van der Waals surface area contributed by atoms with E-state index in [1.165, 1.54) is 0 Å². The molecule has 0 aliphatic rings. The third kappa shape index (κ3) is 6.19. The Bertz CT molecular complexity index is 119. The molecule has 2 nitrogen and oxygen atoms in total. The Hall–Kier alpha value is 0.0800. The summed E-state index contributed by atoms with van der Waals surface area (Å²) in [5.41, 5.74) is 0.632. The molecule has 0 aromatic rings. The molecule has 0 saturated heterocycles. The third-order valence-corrected chi connectivity index (χ3v) is 0.821. The van der Waals surface area contributed by atoms with E-state index in [2.05, 4.69) is 5.84 Å². The van der Waals surface area contributed by atoms with Gasteiger partial charge in [-0.15, -0.1) is 24.8 Å². The van der Waals surface area contributed by atoms with Crippen LogP contribution in [0.2, 0.25) is 0 Å². The lowest BCUT2D eigenvalue weighted by Crippen LogP contribution is -2.55. The van der Waals surface area contributed by atoms with Crippen LogP contribution in [0.25, 0.3) is 0 Å². The molecule has 0 aromatic heterocycles. The monoisotopic (exact) mass is 254 g/mol. The Morgan fingerprint density at radius 3 is 1.08 bits per heavy atom. The van der Waals surface area contributed by atoms with Gasteiger partial charge in [-0.2, -0.15) is 26.3 Å². The lowest BCUT2D eigenvalue weighted by atomic mass is 10.3. The zero-order chi connectivity index (χ0) is 9.28. The molecule has 0 aromatic carbocycles. The maximum absolute atomic E-state index is 11.4. The van der Waals surface area contributed by atoms with Crippen LogP contribution < -0.4 is 11.3 Å². The summed E-state index contributed by atoms with van der Waals surface area (Å²) in [4.78, 5) is 0. The normalized spacial score (nSPS) is 12.0. The van der Waals surface area contributed by atoms with E-state index in [4.69, 9.17) is 0 Å². The number of hydrogen-bond donors (Lipinski definition) is 2. The highest BCUT2D eigenvalue weighted by Crippen LogP contribution is 2.32. The van der Waals surface area contributed by atoms with Crippen molar-refractivity contribution in [1.29, 1.82) is 0 Å². The fourth-order valence-electron chi connectivity index (χ4n) is 0.375. The van der Waals surface area contributed by atoms with Gasteiger partial charge in [-0.05, 0) is 0 Å². The maximum atomic E-state index is 11.4. The van der Waals surface area contributed by atoms with Crippen molar-refractivity contribution in [2.45, 2.75) is 18.4 Å². The minimum atomic E-state index is -5.41. The summed E-state index contributed by atoms with van der Waals surface area (Å²) in [5.74, 6) is 4.06. The lowest BCUT2D eigenvalue weighted by molar-refractivity contribution is -0.258. The molecule has 13 heavy (non-hydrogen) atoms. The second-order valence-corrected chi connectivity index (χ2v) is 1.68. The van der Waals surface area contributed by atoms with Crippen molar-refractivity contribution < 1.29 is 26.3 Å². The van der Waals surface area contributed by atoms with Gasteiger partial charge in [0, 0.05) is 0 Å². The minimum Gasteiger partial charge on any atom is -0.271 e. The average molecular weight is 255 g/mol. The van der Waals surface area contributed by atoms with Crippen molar-refractivity contribution in [3.05, 3.63) is 0 Å². The average Bonchev–Trinajstić information content (AvgIpc) is 1.56. The SMILES string of the molecule is Cl.Cl.NNC(C(F)(F)F)C(F)(F)F. The van der Waals surface area contributed by atoms with Crippen LogP contribution >= 0.6 is 24.8 Å². The lowest BCUT2D eigenvalue weighted by Gasteiger charge is -2.21. The Morgan fingerprint density at radius 1 is 0.846 bits per heavy atom. The van der Waals surface area contributed by atoms with E-state index >= 15 is 0 Å². The Balaban J connectivity index is -0.000000500. The van der Waals surface area contributed by atoms with Crippen molar-refractivity contribution >= 4 is 24.8 Å². The number of nitrogens with one attached hydrogen (secondary N) is 1. The van der Waals surface area contributed by atoms with Crippen LogP contribution in [-0.2, 0) is 0 Å². The first kappa shape index (κ1) is 18.8. The van der Waals surface area contributed by atoms with Gasteiger partial charge in [-0.1, -0.05) is 0 Å². The van der Waals surface area contributed by atoms with Crippen molar-refractivity contribution in [1.82, 2.24) is 5.43 Å². The van der Waals surface area contributed by atoms with Crippen molar-refractivity contribution in [3.63, 3.8) is 0 Å². The molecule has 0 amide bonds. The summed E-state index contributed by atoms with van der Waals surface area (Å²) in [5, 5.41) is 0. The van der Waals surface area contributed by atoms with Crippen LogP contribution in [0.1, 0.15) is 0 Å². The highest BCUT2D eigenvalue weighted by Gasteiger charge is 2.56. The predicted molar refractivity (Wildman–Crippen MR) is 37.7 cm³/mol. The maximum Gasteiger partial charge on any atom is 0.414 e. The van der Waals surface area contributed by atoms with Gasteiger partial charge in [0.05, 0.1) is 0 Å². The number of nitrogens with two attached hydrogens (primary N) is 1. The van der Waals surface area contributed by atoms with Crippen LogP contribution in [0.5, 0.6) is 0 Å². The van der Waals surface area contributed by atoms with E-state index in [1.54, 1.807) is 0 Å². The molecule has 0 aliphatic heterocycles. The number of hydrazine groups is 1. The summed E-state index contributed by atoms with van der Waals surface area (Å²) in [7, 11) is 0. The quantitative estimate of drug-likeness (QED) is 0.426. The molecule has 0 heterocycles. The fourth-order valence-corrected chi connectivity index (χ4v) is 0.375. The molecular formula is C3H6Cl2F6N2. The molecule has 0 rings (SSSR count). The predicted octanol–water partition coefficient (Wildman–Crippen LogP) is 1.79. The van der Waals surface area contributed by atoms with E-state index in [9.17, 15) is 26.3 Å². The van der Waals surface area contributed by atoms with Crippen LogP contribution in [0.3, 0.4) is 0 Å². The topological polar surface area (TPSA) is 38.0 Å². The second kappa shape index (κ2) is 5.74. The molecule has 0 spiro atoms. The molecule has 3 N–H and O–H groups in total. The minimum absolute atomic E-state index is 0. The number of alkyl halides is 6.